The number of methoxy groups -OCH3 is 1. The summed E-state index contributed by atoms with van der Waals surface area (Å²) in [5, 5.41) is 4.70. The molecule has 0 aromatic carbocycles. The van der Waals surface area contributed by atoms with Crippen molar-refractivity contribution in [2.24, 2.45) is 0 Å². The number of rotatable bonds is 6. The summed E-state index contributed by atoms with van der Waals surface area (Å²) in [5.41, 5.74) is 1.65. The Morgan fingerprint density at radius 3 is 2.56 bits per heavy atom. The van der Waals surface area contributed by atoms with E-state index in [1.807, 2.05) is 23.1 Å². The first-order valence-corrected chi connectivity index (χ1v) is 12.1. The second kappa shape index (κ2) is 9.93. The zero-order chi connectivity index (χ0) is 26.9. The Balaban J connectivity index is 1.23. The number of aromatic amines is 1. The highest BCUT2D eigenvalue weighted by Crippen LogP contribution is 2.34. The number of halogens is 1. The molecule has 6 heterocycles. The molecule has 0 saturated carbocycles. The summed E-state index contributed by atoms with van der Waals surface area (Å²) >= 11 is 0. The number of carbonyl (C=O) groups excluding carboxylic acids is 2. The lowest BCUT2D eigenvalue weighted by Gasteiger charge is -2.34. The fraction of sp³-hybridized carbons (Fsp3) is 0.192. The number of piperazine rings is 1. The van der Waals surface area contributed by atoms with Crippen molar-refractivity contribution in [2.75, 3.05) is 38.2 Å². The molecule has 1 amide bonds. The van der Waals surface area contributed by atoms with Crippen molar-refractivity contribution in [3.63, 3.8) is 0 Å². The van der Waals surface area contributed by atoms with Crippen LogP contribution in [-0.4, -0.2) is 84.6 Å². The summed E-state index contributed by atoms with van der Waals surface area (Å²) in [4.78, 5) is 50.1. The summed E-state index contributed by atoms with van der Waals surface area (Å²) in [6.07, 6.45) is 7.43. The van der Waals surface area contributed by atoms with Crippen LogP contribution in [0.5, 0.6) is 5.75 Å². The molecule has 0 unspecified atom stereocenters. The van der Waals surface area contributed by atoms with Crippen molar-refractivity contribution >= 4 is 28.5 Å². The van der Waals surface area contributed by atoms with Crippen LogP contribution < -0.4 is 9.64 Å². The van der Waals surface area contributed by atoms with E-state index in [9.17, 15) is 14.0 Å². The van der Waals surface area contributed by atoms with E-state index in [2.05, 4.69) is 30.0 Å². The lowest BCUT2D eigenvalue weighted by atomic mass is 10.1. The van der Waals surface area contributed by atoms with Crippen molar-refractivity contribution < 1.29 is 18.7 Å². The number of carbonyl (C=O) groups is 2. The second-order valence-corrected chi connectivity index (χ2v) is 8.77. The SMILES string of the molecule is COc1cnc(-c2ccc(F)nc2)c2[nH]cc(C(=O)C(=O)N3CCN(c4ncnn4-c4ccccn4)CC3)c12. The van der Waals surface area contributed by atoms with Gasteiger partial charge in [0.25, 0.3) is 11.7 Å². The molecule has 0 radical (unpaired) electrons. The largest absolute Gasteiger partial charge is 0.494 e. The van der Waals surface area contributed by atoms with Gasteiger partial charge in [0.15, 0.2) is 5.82 Å². The number of anilines is 1. The summed E-state index contributed by atoms with van der Waals surface area (Å²) in [6, 6.07) is 8.29. The Morgan fingerprint density at radius 2 is 1.85 bits per heavy atom. The van der Waals surface area contributed by atoms with Gasteiger partial charge < -0.3 is 19.5 Å². The number of ether oxygens (including phenoxy) is 1. The molecule has 5 aromatic heterocycles. The zero-order valence-electron chi connectivity index (χ0n) is 20.8. The molecule has 1 saturated heterocycles. The molecule has 39 heavy (non-hydrogen) atoms. The number of hydrogen-bond acceptors (Lipinski definition) is 9. The molecular weight excluding hydrogens is 505 g/mol. The van der Waals surface area contributed by atoms with Crippen molar-refractivity contribution in [3.05, 3.63) is 73.0 Å². The molecule has 0 bridgehead atoms. The summed E-state index contributed by atoms with van der Waals surface area (Å²) in [7, 11) is 1.46. The molecule has 6 rings (SSSR count). The number of H-pyrrole nitrogens is 1. The monoisotopic (exact) mass is 527 g/mol. The molecule has 0 spiro atoms. The first kappa shape index (κ1) is 24.2. The number of aromatic nitrogens is 7. The number of amides is 1. The molecule has 13 heteroatoms. The predicted molar refractivity (Wildman–Crippen MR) is 138 cm³/mol. The van der Waals surface area contributed by atoms with Gasteiger partial charge in [-0.2, -0.15) is 19.2 Å². The van der Waals surface area contributed by atoms with Gasteiger partial charge in [0.1, 0.15) is 12.1 Å². The van der Waals surface area contributed by atoms with Gasteiger partial charge in [0.2, 0.25) is 11.9 Å². The molecule has 12 nitrogen and oxygen atoms in total. The van der Waals surface area contributed by atoms with Crippen LogP contribution in [0.4, 0.5) is 10.3 Å². The Morgan fingerprint density at radius 1 is 1.00 bits per heavy atom. The Kier molecular flexibility index (Phi) is 6.15. The van der Waals surface area contributed by atoms with Gasteiger partial charge in [-0.3, -0.25) is 14.6 Å². The van der Waals surface area contributed by atoms with Crippen LogP contribution in [0, 0.1) is 5.95 Å². The Bertz CT molecular complexity index is 1660. The number of nitrogens with zero attached hydrogens (tertiary/aromatic N) is 8. The van der Waals surface area contributed by atoms with Crippen LogP contribution in [0.1, 0.15) is 10.4 Å². The second-order valence-electron chi connectivity index (χ2n) is 8.77. The number of nitrogens with one attached hydrogen (secondary N) is 1. The molecule has 0 aliphatic carbocycles. The average Bonchev–Trinajstić information content (AvgIpc) is 3.65. The Labute approximate surface area is 221 Å². The molecule has 1 aliphatic rings. The molecule has 5 aromatic rings. The maximum absolute atomic E-state index is 13.4. The number of pyridine rings is 3. The third kappa shape index (κ3) is 4.33. The first-order valence-electron chi connectivity index (χ1n) is 12.1. The zero-order valence-corrected chi connectivity index (χ0v) is 20.8. The van der Waals surface area contributed by atoms with E-state index >= 15 is 0 Å². The van der Waals surface area contributed by atoms with Crippen molar-refractivity contribution in [1.82, 2.24) is 39.6 Å². The topological polar surface area (TPSA) is 135 Å². The highest BCUT2D eigenvalue weighted by molar-refractivity contribution is 6.45. The molecule has 1 fully saturated rings. The maximum Gasteiger partial charge on any atom is 0.295 e. The number of ketones is 1. The molecular formula is C26H22FN9O3. The fourth-order valence-electron chi connectivity index (χ4n) is 4.65. The molecule has 1 N–H and O–H groups in total. The van der Waals surface area contributed by atoms with Gasteiger partial charge in [-0.25, -0.2) is 9.97 Å². The summed E-state index contributed by atoms with van der Waals surface area (Å²) < 4.78 is 20.4. The minimum absolute atomic E-state index is 0.169. The lowest BCUT2D eigenvalue weighted by molar-refractivity contribution is -0.126. The number of hydrogen-bond donors (Lipinski definition) is 1. The van der Waals surface area contributed by atoms with Crippen LogP contribution in [-0.2, 0) is 4.79 Å². The maximum atomic E-state index is 13.4. The van der Waals surface area contributed by atoms with E-state index in [0.29, 0.717) is 65.9 Å². The normalized spacial score (nSPS) is 13.6. The van der Waals surface area contributed by atoms with Gasteiger partial charge in [0.05, 0.1) is 35.5 Å². The first-order chi connectivity index (χ1) is 19.0. The van der Waals surface area contributed by atoms with Gasteiger partial charge in [-0.15, -0.1) is 0 Å². The summed E-state index contributed by atoms with van der Waals surface area (Å²) in [5.74, 6) is -0.320. The van der Waals surface area contributed by atoms with Crippen molar-refractivity contribution in [3.8, 4) is 22.8 Å². The lowest BCUT2D eigenvalue weighted by Crippen LogP contribution is -2.51. The van der Waals surface area contributed by atoms with E-state index in [1.165, 1.54) is 49.1 Å². The van der Waals surface area contributed by atoms with Crippen LogP contribution in [0.25, 0.3) is 28.0 Å². The molecule has 0 atom stereocenters. The highest BCUT2D eigenvalue weighted by Gasteiger charge is 2.31. The van der Waals surface area contributed by atoms with E-state index in [1.54, 1.807) is 10.9 Å². The molecule has 1 aliphatic heterocycles. The third-order valence-electron chi connectivity index (χ3n) is 6.58. The van der Waals surface area contributed by atoms with Crippen LogP contribution >= 0.6 is 0 Å². The average molecular weight is 528 g/mol. The molecule has 196 valence electrons. The van der Waals surface area contributed by atoms with Gasteiger partial charge in [-0.1, -0.05) is 6.07 Å². The highest BCUT2D eigenvalue weighted by atomic mass is 19.1. The number of Topliss-reactive ketones (excluding diaryl/α,β-unsaturated/α-hetero) is 1. The van der Waals surface area contributed by atoms with Crippen molar-refractivity contribution in [1.29, 1.82) is 0 Å². The fourth-order valence-corrected chi connectivity index (χ4v) is 4.65. The standard InChI is InChI=1S/C26H22FN9O3/c1-39-18-14-31-22(16-5-6-19(27)29-12-16)23-21(18)17(13-30-23)24(37)25(38)34-8-10-35(11-9-34)26-32-15-33-36(26)20-4-2-3-7-28-20/h2-7,12-15,30H,8-11H2,1H3. The van der Waals surface area contributed by atoms with Gasteiger partial charge >= 0.3 is 0 Å². The van der Waals surface area contributed by atoms with Gasteiger partial charge in [0, 0.05) is 50.3 Å². The van der Waals surface area contributed by atoms with Crippen molar-refractivity contribution in [2.45, 2.75) is 0 Å². The smallest absolute Gasteiger partial charge is 0.295 e. The Hall–Kier alpha value is -5.20. The van der Waals surface area contributed by atoms with Crippen LogP contribution in [0.2, 0.25) is 0 Å². The van der Waals surface area contributed by atoms with E-state index in [0.717, 1.165) is 0 Å². The van der Waals surface area contributed by atoms with Gasteiger partial charge in [-0.05, 0) is 24.3 Å². The predicted octanol–water partition coefficient (Wildman–Crippen LogP) is 2.28. The third-order valence-corrected chi connectivity index (χ3v) is 6.58. The van der Waals surface area contributed by atoms with E-state index < -0.39 is 17.6 Å². The van der Waals surface area contributed by atoms with E-state index in [4.69, 9.17) is 4.74 Å². The number of fused-ring (bicyclic) bond motifs is 1. The van der Waals surface area contributed by atoms with Crippen LogP contribution in [0.3, 0.4) is 0 Å². The van der Waals surface area contributed by atoms with E-state index in [-0.39, 0.29) is 5.56 Å². The quantitative estimate of drug-likeness (QED) is 0.200. The summed E-state index contributed by atoms with van der Waals surface area (Å²) in [6.45, 7) is 1.58. The minimum atomic E-state index is -0.668. The van der Waals surface area contributed by atoms with Crippen LogP contribution in [0.15, 0.2) is 61.4 Å². The minimum Gasteiger partial charge on any atom is -0.494 e.